The van der Waals surface area contributed by atoms with E-state index >= 15 is 0 Å². The number of para-hydroxylation sites is 1. The van der Waals surface area contributed by atoms with Crippen LogP contribution in [0.3, 0.4) is 0 Å². The maximum absolute atomic E-state index is 13.4. The Kier molecular flexibility index (Phi) is 7.08. The minimum absolute atomic E-state index is 0.512. The van der Waals surface area contributed by atoms with E-state index in [0.29, 0.717) is 22.5 Å². The van der Waals surface area contributed by atoms with Crippen LogP contribution in [0.2, 0.25) is 0 Å². The summed E-state index contributed by atoms with van der Waals surface area (Å²) < 4.78 is 40.1. The second-order valence-corrected chi connectivity index (χ2v) is 9.12. The van der Waals surface area contributed by atoms with Gasteiger partial charge in [0.2, 0.25) is 0 Å². The van der Waals surface area contributed by atoms with Gasteiger partial charge in [0, 0.05) is 17.5 Å². The first-order chi connectivity index (χ1) is 16.6. The van der Waals surface area contributed by atoms with E-state index in [9.17, 15) is 13.2 Å². The van der Waals surface area contributed by atoms with Crippen LogP contribution in [0.25, 0.3) is 33.4 Å². The van der Waals surface area contributed by atoms with Crippen molar-refractivity contribution < 1.29 is 13.2 Å². The van der Waals surface area contributed by atoms with Gasteiger partial charge in [-0.3, -0.25) is 0 Å². The Bertz CT molecular complexity index is 1350. The van der Waals surface area contributed by atoms with Gasteiger partial charge in [0.15, 0.2) is 5.82 Å². The molecule has 0 spiro atoms. The molecule has 182 valence electrons. The summed E-state index contributed by atoms with van der Waals surface area (Å²) in [6.45, 7) is 5.41. The lowest BCUT2D eigenvalue weighted by molar-refractivity contribution is -0.137. The van der Waals surface area contributed by atoms with E-state index in [4.69, 9.17) is 9.97 Å². The molecule has 0 fully saturated rings. The maximum atomic E-state index is 13.4. The fourth-order valence-electron chi connectivity index (χ4n) is 4.11. The quantitative estimate of drug-likeness (QED) is 0.292. The minimum Gasteiger partial charge on any atom is -0.369 e. The second-order valence-electron chi connectivity index (χ2n) is 9.12. The molecule has 0 aliphatic carbocycles. The van der Waals surface area contributed by atoms with Crippen LogP contribution < -0.4 is 5.32 Å². The van der Waals surface area contributed by atoms with Crippen LogP contribution in [0.4, 0.5) is 19.0 Å². The standard InChI is InChI=1S/C28H29F3N4/c1-18-14-22(17-23(15-18)28(29,30)31)20-9-6-10-21(16-20)26-33-25-19(2)8-5-11-24(25)27(34-26)32-12-7-13-35(3)4/h5-6,8-11,14-17H,7,12-13H2,1-4H3,(H,32,33,34). The van der Waals surface area contributed by atoms with Crippen LogP contribution >= 0.6 is 0 Å². The molecule has 0 saturated carbocycles. The molecule has 0 aliphatic heterocycles. The number of alkyl halides is 3. The topological polar surface area (TPSA) is 41.1 Å². The number of aromatic nitrogens is 2. The highest BCUT2D eigenvalue weighted by atomic mass is 19.4. The van der Waals surface area contributed by atoms with Gasteiger partial charge in [-0.15, -0.1) is 0 Å². The predicted octanol–water partition coefficient (Wildman–Crippen LogP) is 6.96. The van der Waals surface area contributed by atoms with E-state index < -0.39 is 11.7 Å². The molecule has 7 heteroatoms. The van der Waals surface area contributed by atoms with E-state index in [0.717, 1.165) is 53.4 Å². The van der Waals surface area contributed by atoms with E-state index in [1.807, 2.05) is 63.5 Å². The lowest BCUT2D eigenvalue weighted by atomic mass is 9.98. The van der Waals surface area contributed by atoms with E-state index in [1.165, 1.54) is 6.07 Å². The van der Waals surface area contributed by atoms with E-state index in [2.05, 4.69) is 10.2 Å². The molecular weight excluding hydrogens is 449 g/mol. The van der Waals surface area contributed by atoms with E-state index in [-0.39, 0.29) is 0 Å². The van der Waals surface area contributed by atoms with Gasteiger partial charge in [-0.05, 0) is 87.4 Å². The molecule has 4 nitrogen and oxygen atoms in total. The van der Waals surface area contributed by atoms with Gasteiger partial charge in [0.05, 0.1) is 11.1 Å². The summed E-state index contributed by atoms with van der Waals surface area (Å²) in [6, 6.07) is 17.5. The summed E-state index contributed by atoms with van der Waals surface area (Å²) in [5.74, 6) is 1.29. The minimum atomic E-state index is -4.40. The van der Waals surface area contributed by atoms with Gasteiger partial charge in [0.1, 0.15) is 5.82 Å². The number of aryl methyl sites for hydroxylation is 2. The number of fused-ring (bicyclic) bond motifs is 1. The number of benzene rings is 3. The fraction of sp³-hybridized carbons (Fsp3) is 0.286. The van der Waals surface area contributed by atoms with Crippen molar-refractivity contribution in [1.82, 2.24) is 14.9 Å². The first kappa shape index (κ1) is 24.7. The normalized spacial score (nSPS) is 11.9. The lowest BCUT2D eigenvalue weighted by Gasteiger charge is -2.14. The highest BCUT2D eigenvalue weighted by Gasteiger charge is 2.31. The van der Waals surface area contributed by atoms with E-state index in [1.54, 1.807) is 13.0 Å². The Balaban J connectivity index is 1.75. The molecule has 3 aromatic carbocycles. The molecule has 0 aliphatic rings. The molecule has 0 unspecified atom stereocenters. The van der Waals surface area contributed by atoms with Gasteiger partial charge < -0.3 is 10.2 Å². The smallest absolute Gasteiger partial charge is 0.369 e. The van der Waals surface area contributed by atoms with Crippen molar-refractivity contribution in [2.45, 2.75) is 26.4 Å². The summed E-state index contributed by atoms with van der Waals surface area (Å²) in [5, 5.41) is 4.40. The number of anilines is 1. The average Bonchev–Trinajstić information content (AvgIpc) is 2.81. The molecular formula is C28H29F3N4. The molecule has 0 radical (unpaired) electrons. The van der Waals surface area contributed by atoms with Gasteiger partial charge in [-0.2, -0.15) is 13.2 Å². The van der Waals surface area contributed by atoms with Gasteiger partial charge in [0.25, 0.3) is 0 Å². The van der Waals surface area contributed by atoms with Crippen LogP contribution in [-0.2, 0) is 6.18 Å². The highest BCUT2D eigenvalue weighted by Crippen LogP contribution is 2.35. The van der Waals surface area contributed by atoms with Crippen LogP contribution in [0.15, 0.2) is 60.7 Å². The zero-order valence-electron chi connectivity index (χ0n) is 20.4. The third kappa shape index (κ3) is 5.80. The Morgan fingerprint density at radius 3 is 2.34 bits per heavy atom. The van der Waals surface area contributed by atoms with Gasteiger partial charge in [-0.25, -0.2) is 9.97 Å². The SMILES string of the molecule is Cc1cc(-c2cccc(-c3nc(NCCCN(C)C)c4cccc(C)c4n3)c2)cc(C(F)(F)F)c1. The maximum Gasteiger partial charge on any atom is 0.416 e. The van der Waals surface area contributed by atoms with Gasteiger partial charge >= 0.3 is 6.18 Å². The molecule has 1 aromatic heterocycles. The third-order valence-corrected chi connectivity index (χ3v) is 5.86. The van der Waals surface area contributed by atoms with Crippen LogP contribution in [0, 0.1) is 13.8 Å². The number of halogens is 3. The molecule has 4 aromatic rings. The molecule has 0 amide bonds. The zero-order valence-corrected chi connectivity index (χ0v) is 20.4. The first-order valence-corrected chi connectivity index (χ1v) is 11.6. The van der Waals surface area contributed by atoms with Crippen molar-refractivity contribution in [3.05, 3.63) is 77.4 Å². The number of nitrogens with zero attached hydrogens (tertiary/aromatic N) is 3. The Morgan fingerprint density at radius 1 is 0.857 bits per heavy atom. The molecule has 35 heavy (non-hydrogen) atoms. The number of hydrogen-bond acceptors (Lipinski definition) is 4. The molecule has 0 bridgehead atoms. The molecule has 0 atom stereocenters. The Morgan fingerprint density at radius 2 is 1.60 bits per heavy atom. The molecule has 1 heterocycles. The van der Waals surface area contributed by atoms with Crippen LogP contribution in [0.1, 0.15) is 23.1 Å². The molecule has 1 N–H and O–H groups in total. The third-order valence-electron chi connectivity index (χ3n) is 5.86. The van der Waals surface area contributed by atoms with Crippen molar-refractivity contribution in [1.29, 1.82) is 0 Å². The number of nitrogens with one attached hydrogen (secondary N) is 1. The highest BCUT2D eigenvalue weighted by molar-refractivity contribution is 5.92. The molecule has 0 saturated heterocycles. The molecule has 4 rings (SSSR count). The van der Waals surface area contributed by atoms with Crippen molar-refractivity contribution in [3.63, 3.8) is 0 Å². The number of rotatable bonds is 7. The van der Waals surface area contributed by atoms with Crippen molar-refractivity contribution in [3.8, 4) is 22.5 Å². The summed E-state index contributed by atoms with van der Waals surface area (Å²) >= 11 is 0. The van der Waals surface area contributed by atoms with Crippen LogP contribution in [-0.4, -0.2) is 42.1 Å². The Labute approximate surface area is 203 Å². The lowest BCUT2D eigenvalue weighted by Crippen LogP contribution is -2.17. The summed E-state index contributed by atoms with van der Waals surface area (Å²) in [5.41, 5.74) is 3.74. The number of hydrogen-bond donors (Lipinski definition) is 1. The summed E-state index contributed by atoms with van der Waals surface area (Å²) in [7, 11) is 4.08. The van der Waals surface area contributed by atoms with Crippen molar-refractivity contribution in [2.24, 2.45) is 0 Å². The predicted molar refractivity (Wildman–Crippen MR) is 137 cm³/mol. The Hall–Kier alpha value is -3.45. The largest absolute Gasteiger partial charge is 0.416 e. The van der Waals surface area contributed by atoms with Crippen molar-refractivity contribution in [2.75, 3.05) is 32.5 Å². The average molecular weight is 479 g/mol. The monoisotopic (exact) mass is 478 g/mol. The van der Waals surface area contributed by atoms with Crippen LogP contribution in [0.5, 0.6) is 0 Å². The van der Waals surface area contributed by atoms with Gasteiger partial charge in [-0.1, -0.05) is 36.4 Å². The first-order valence-electron chi connectivity index (χ1n) is 11.6. The van der Waals surface area contributed by atoms with Crippen molar-refractivity contribution >= 4 is 16.7 Å². The fourth-order valence-corrected chi connectivity index (χ4v) is 4.11. The zero-order chi connectivity index (χ0) is 25.2. The second kappa shape index (κ2) is 10.0. The summed E-state index contributed by atoms with van der Waals surface area (Å²) in [4.78, 5) is 11.8. The summed E-state index contributed by atoms with van der Waals surface area (Å²) in [6.07, 6.45) is -3.44.